The molecule has 162 valence electrons. The van der Waals surface area contributed by atoms with Crippen LogP contribution in [0.15, 0.2) is 64.9 Å². The van der Waals surface area contributed by atoms with Crippen LogP contribution in [0.2, 0.25) is 0 Å². The molecule has 1 aromatic heterocycles. The summed E-state index contributed by atoms with van der Waals surface area (Å²) < 4.78 is 40.4. The number of hydrogen-bond acceptors (Lipinski definition) is 7. The lowest BCUT2D eigenvalue weighted by Gasteiger charge is -2.10. The highest BCUT2D eigenvalue weighted by Crippen LogP contribution is 2.34. The Balaban J connectivity index is 1.38. The molecule has 0 saturated carbocycles. The molecule has 0 saturated heterocycles. The first-order valence-electron chi connectivity index (χ1n) is 9.33. The van der Waals surface area contributed by atoms with E-state index in [2.05, 4.69) is 15.0 Å². The zero-order chi connectivity index (χ0) is 21.8. The molecule has 0 unspecified atom stereocenters. The van der Waals surface area contributed by atoms with E-state index in [4.69, 9.17) is 9.47 Å². The van der Waals surface area contributed by atoms with Crippen LogP contribution < -0.4 is 19.5 Å². The summed E-state index contributed by atoms with van der Waals surface area (Å²) in [5.74, 6) is 1.32. The fourth-order valence-electron chi connectivity index (χ4n) is 2.88. The van der Waals surface area contributed by atoms with Crippen LogP contribution in [-0.2, 0) is 17.1 Å². The lowest BCUT2D eigenvalue weighted by Crippen LogP contribution is -2.26. The van der Waals surface area contributed by atoms with Crippen LogP contribution in [-0.4, -0.2) is 43.0 Å². The smallest absolute Gasteiger partial charge is 0.261 e. The maximum atomic E-state index is 12.8. The second-order valence-corrected chi connectivity index (χ2v) is 9.37. The number of imidazole rings is 1. The van der Waals surface area contributed by atoms with E-state index < -0.39 is 10.0 Å². The lowest BCUT2D eigenvalue weighted by atomic mass is 10.2. The molecule has 0 bridgehead atoms. The van der Waals surface area contributed by atoms with E-state index in [0.717, 1.165) is 5.16 Å². The molecule has 0 spiro atoms. The van der Waals surface area contributed by atoms with Gasteiger partial charge in [-0.2, -0.15) is 0 Å². The van der Waals surface area contributed by atoms with Crippen molar-refractivity contribution in [2.24, 2.45) is 7.05 Å². The van der Waals surface area contributed by atoms with Gasteiger partial charge >= 0.3 is 0 Å². The number of amides is 1. The van der Waals surface area contributed by atoms with E-state index in [-0.39, 0.29) is 23.2 Å². The highest BCUT2D eigenvalue weighted by Gasteiger charge is 2.19. The molecule has 3 aromatic rings. The minimum Gasteiger partial charge on any atom is -0.454 e. The third-order valence-electron chi connectivity index (χ3n) is 4.43. The van der Waals surface area contributed by atoms with Gasteiger partial charge in [0.1, 0.15) is 0 Å². The second kappa shape index (κ2) is 8.90. The van der Waals surface area contributed by atoms with Crippen molar-refractivity contribution < 1.29 is 22.7 Å². The number of hydrogen-bond donors (Lipinski definition) is 2. The number of fused-ring (bicyclic) bond motifs is 1. The van der Waals surface area contributed by atoms with E-state index in [1.54, 1.807) is 30.5 Å². The molecular formula is C20H20N4O5S2. The van der Waals surface area contributed by atoms with Crippen molar-refractivity contribution in [3.05, 3.63) is 60.4 Å². The maximum absolute atomic E-state index is 12.8. The Hall–Kier alpha value is -3.18. The van der Waals surface area contributed by atoms with Gasteiger partial charge in [0.15, 0.2) is 16.7 Å². The van der Waals surface area contributed by atoms with Crippen molar-refractivity contribution in [2.45, 2.75) is 10.1 Å². The molecule has 2 N–H and O–H groups in total. The SMILES string of the molecule is Cn1ccnc1SCCNC(=O)c1cccc(S(=O)(=O)Nc2ccc3c(c2)OCO3)c1. The molecular weight excluding hydrogens is 440 g/mol. The first kappa shape index (κ1) is 21.1. The molecule has 0 atom stereocenters. The number of carbonyl (C=O) groups excluding carboxylic acids is 1. The zero-order valence-electron chi connectivity index (χ0n) is 16.6. The van der Waals surface area contributed by atoms with Gasteiger partial charge in [-0.15, -0.1) is 0 Å². The molecule has 0 radical (unpaired) electrons. The predicted molar refractivity (Wildman–Crippen MR) is 116 cm³/mol. The molecule has 2 aromatic carbocycles. The number of rotatable bonds is 8. The molecule has 1 amide bonds. The van der Waals surface area contributed by atoms with Crippen molar-refractivity contribution in [1.29, 1.82) is 0 Å². The van der Waals surface area contributed by atoms with Crippen LogP contribution in [0.4, 0.5) is 5.69 Å². The van der Waals surface area contributed by atoms with Crippen LogP contribution in [0, 0.1) is 0 Å². The van der Waals surface area contributed by atoms with Crippen LogP contribution >= 0.6 is 11.8 Å². The maximum Gasteiger partial charge on any atom is 0.261 e. The number of nitrogens with zero attached hydrogens (tertiary/aromatic N) is 2. The van der Waals surface area contributed by atoms with Crippen LogP contribution in [0.25, 0.3) is 0 Å². The Labute approximate surface area is 183 Å². The van der Waals surface area contributed by atoms with E-state index in [1.165, 1.54) is 30.0 Å². The summed E-state index contributed by atoms with van der Waals surface area (Å²) in [5.41, 5.74) is 0.598. The van der Waals surface area contributed by atoms with Crippen molar-refractivity contribution in [3.63, 3.8) is 0 Å². The fourth-order valence-corrected chi connectivity index (χ4v) is 4.76. The summed E-state index contributed by atoms with van der Waals surface area (Å²) in [5, 5.41) is 3.65. The summed E-state index contributed by atoms with van der Waals surface area (Å²) in [7, 11) is -1.99. The van der Waals surface area contributed by atoms with Crippen molar-refractivity contribution in [1.82, 2.24) is 14.9 Å². The molecule has 4 rings (SSSR count). The second-order valence-electron chi connectivity index (χ2n) is 6.63. The van der Waals surface area contributed by atoms with Gasteiger partial charge in [-0.1, -0.05) is 17.8 Å². The van der Waals surface area contributed by atoms with Crippen molar-refractivity contribution >= 4 is 33.4 Å². The topological polar surface area (TPSA) is 112 Å². The Bertz CT molecular complexity index is 1210. The molecule has 0 aliphatic carbocycles. The van der Waals surface area contributed by atoms with E-state index in [9.17, 15) is 13.2 Å². The van der Waals surface area contributed by atoms with Crippen LogP contribution in [0.3, 0.4) is 0 Å². The van der Waals surface area contributed by atoms with Gasteiger partial charge in [0.2, 0.25) is 6.79 Å². The minimum absolute atomic E-state index is 0.0137. The number of thioether (sulfide) groups is 1. The summed E-state index contributed by atoms with van der Waals surface area (Å²) in [6, 6.07) is 10.6. The van der Waals surface area contributed by atoms with Crippen molar-refractivity contribution in [2.75, 3.05) is 23.8 Å². The summed E-state index contributed by atoms with van der Waals surface area (Å²) >= 11 is 1.52. The number of nitrogens with one attached hydrogen (secondary N) is 2. The quantitative estimate of drug-likeness (QED) is 0.392. The number of benzene rings is 2. The average molecular weight is 461 g/mol. The number of aryl methyl sites for hydroxylation is 1. The Morgan fingerprint density at radius 2 is 2.03 bits per heavy atom. The largest absolute Gasteiger partial charge is 0.454 e. The molecule has 11 heteroatoms. The number of carbonyl (C=O) groups is 1. The first-order chi connectivity index (χ1) is 14.9. The van der Waals surface area contributed by atoms with E-state index in [0.29, 0.717) is 29.5 Å². The summed E-state index contributed by atoms with van der Waals surface area (Å²) in [4.78, 5) is 16.6. The zero-order valence-corrected chi connectivity index (χ0v) is 18.2. The average Bonchev–Trinajstić information content (AvgIpc) is 3.39. The molecule has 0 fully saturated rings. The molecule has 2 heterocycles. The third-order valence-corrected chi connectivity index (χ3v) is 6.87. The van der Waals surface area contributed by atoms with Gasteiger partial charge in [0.25, 0.3) is 15.9 Å². The van der Waals surface area contributed by atoms with Gasteiger partial charge in [-0.25, -0.2) is 13.4 Å². The predicted octanol–water partition coefficient (Wildman–Crippen LogP) is 2.47. The summed E-state index contributed by atoms with van der Waals surface area (Å²) in [6.45, 7) is 0.520. The van der Waals surface area contributed by atoms with Gasteiger partial charge in [0, 0.05) is 43.4 Å². The molecule has 1 aliphatic heterocycles. The Morgan fingerprint density at radius 1 is 1.19 bits per heavy atom. The van der Waals surface area contributed by atoms with E-state index in [1.807, 2.05) is 17.8 Å². The Kier molecular flexibility index (Phi) is 6.05. The first-order valence-corrected chi connectivity index (χ1v) is 11.8. The normalized spacial score (nSPS) is 12.5. The number of sulfonamides is 1. The van der Waals surface area contributed by atoms with Crippen LogP contribution in [0.5, 0.6) is 11.5 Å². The summed E-state index contributed by atoms with van der Waals surface area (Å²) in [6.07, 6.45) is 3.56. The number of aromatic nitrogens is 2. The highest BCUT2D eigenvalue weighted by atomic mass is 32.2. The third kappa shape index (κ3) is 4.94. The molecule has 31 heavy (non-hydrogen) atoms. The number of ether oxygens (including phenoxy) is 2. The molecule has 1 aliphatic rings. The van der Waals surface area contributed by atoms with Gasteiger partial charge in [-0.3, -0.25) is 9.52 Å². The van der Waals surface area contributed by atoms with Gasteiger partial charge in [-0.05, 0) is 30.3 Å². The molecule has 9 nitrogen and oxygen atoms in total. The van der Waals surface area contributed by atoms with Gasteiger partial charge < -0.3 is 19.4 Å². The number of anilines is 1. The van der Waals surface area contributed by atoms with Gasteiger partial charge in [0.05, 0.1) is 10.6 Å². The fraction of sp³-hybridized carbons (Fsp3) is 0.200. The van der Waals surface area contributed by atoms with Crippen LogP contribution in [0.1, 0.15) is 10.4 Å². The highest BCUT2D eigenvalue weighted by molar-refractivity contribution is 7.99. The minimum atomic E-state index is -3.89. The Morgan fingerprint density at radius 3 is 2.84 bits per heavy atom. The monoisotopic (exact) mass is 460 g/mol. The standard InChI is InChI=1S/C20H20N4O5S2/c1-24-9-7-22-20(24)30-10-8-21-19(25)14-3-2-4-16(11-14)31(26,27)23-15-5-6-17-18(12-15)29-13-28-17/h2-7,9,11-12,23H,8,10,13H2,1H3,(H,21,25). The van der Waals surface area contributed by atoms with Crippen molar-refractivity contribution in [3.8, 4) is 11.5 Å². The van der Waals surface area contributed by atoms with E-state index >= 15 is 0 Å². The lowest BCUT2D eigenvalue weighted by molar-refractivity contribution is 0.0956.